The van der Waals surface area contributed by atoms with Gasteiger partial charge in [-0.2, -0.15) is 0 Å². The minimum Gasteiger partial charge on any atom is -0.309 e. The van der Waals surface area contributed by atoms with E-state index in [1.165, 1.54) is 93.2 Å². The first kappa shape index (κ1) is 25.6. The first-order valence-corrected chi connectivity index (χ1v) is 16.2. The summed E-state index contributed by atoms with van der Waals surface area (Å²) in [5.41, 5.74) is 11.6. The van der Waals surface area contributed by atoms with E-state index < -0.39 is 0 Å². The predicted molar refractivity (Wildman–Crippen MR) is 196 cm³/mol. The summed E-state index contributed by atoms with van der Waals surface area (Å²) >= 11 is 0. The zero-order valence-electron chi connectivity index (χ0n) is 25.9. The molecule has 1 nitrogen and oxygen atoms in total. The minimum atomic E-state index is -0.132. The molecule has 0 bridgehead atoms. The summed E-state index contributed by atoms with van der Waals surface area (Å²) in [5.74, 6) is 0. The number of hydrogen-bond acceptors (Lipinski definition) is 0. The van der Waals surface area contributed by atoms with Crippen LogP contribution in [0.2, 0.25) is 0 Å². The molecule has 0 unspecified atom stereocenters. The van der Waals surface area contributed by atoms with Crippen molar-refractivity contribution in [3.63, 3.8) is 0 Å². The average molecular weight is 586 g/mol. The van der Waals surface area contributed by atoms with Gasteiger partial charge in [0.1, 0.15) is 0 Å². The van der Waals surface area contributed by atoms with Gasteiger partial charge in [-0.1, -0.05) is 135 Å². The third-order valence-electron chi connectivity index (χ3n) is 10.6. The highest BCUT2D eigenvalue weighted by Crippen LogP contribution is 2.52. The maximum atomic E-state index is 2.53. The number of para-hydroxylation sites is 1. The van der Waals surface area contributed by atoms with Gasteiger partial charge in [0.2, 0.25) is 0 Å². The molecule has 9 aromatic rings. The molecule has 0 aliphatic heterocycles. The fraction of sp³-hybridized carbons (Fsp3) is 0.0667. The van der Waals surface area contributed by atoms with Crippen LogP contribution >= 0.6 is 0 Å². The number of hydrogen-bond donors (Lipinski definition) is 0. The van der Waals surface area contributed by atoms with Crippen molar-refractivity contribution < 1.29 is 0 Å². The van der Waals surface area contributed by atoms with Crippen molar-refractivity contribution >= 4 is 54.1 Å². The third-order valence-corrected chi connectivity index (χ3v) is 10.6. The van der Waals surface area contributed by atoms with E-state index in [-0.39, 0.29) is 5.41 Å². The second-order valence-electron chi connectivity index (χ2n) is 13.3. The Morgan fingerprint density at radius 2 is 0.978 bits per heavy atom. The Bertz CT molecular complexity index is 2660. The van der Waals surface area contributed by atoms with E-state index in [4.69, 9.17) is 0 Å². The minimum absolute atomic E-state index is 0.132. The zero-order chi connectivity index (χ0) is 30.6. The highest BCUT2D eigenvalue weighted by atomic mass is 15.0. The van der Waals surface area contributed by atoms with Gasteiger partial charge < -0.3 is 4.57 Å². The Hall–Kier alpha value is -5.66. The lowest BCUT2D eigenvalue weighted by atomic mass is 9.81. The van der Waals surface area contributed by atoms with E-state index in [0.717, 1.165) is 0 Å². The Balaban J connectivity index is 1.30. The first-order valence-electron chi connectivity index (χ1n) is 16.2. The van der Waals surface area contributed by atoms with E-state index in [9.17, 15) is 0 Å². The van der Waals surface area contributed by atoms with Crippen molar-refractivity contribution in [2.24, 2.45) is 0 Å². The molecule has 0 saturated heterocycles. The monoisotopic (exact) mass is 585 g/mol. The van der Waals surface area contributed by atoms with Crippen molar-refractivity contribution in [3.05, 3.63) is 163 Å². The molecule has 0 N–H and O–H groups in total. The van der Waals surface area contributed by atoms with Crippen LogP contribution in [0.15, 0.2) is 152 Å². The van der Waals surface area contributed by atoms with Crippen LogP contribution in [-0.2, 0) is 5.41 Å². The van der Waals surface area contributed by atoms with Gasteiger partial charge in [-0.25, -0.2) is 0 Å². The molecule has 1 heteroatoms. The number of benzene rings is 8. The summed E-state index contributed by atoms with van der Waals surface area (Å²) in [6.07, 6.45) is 0. The van der Waals surface area contributed by atoms with Crippen LogP contribution in [0.1, 0.15) is 25.0 Å². The standard InChI is InChI=1S/C45H31N/c1-45(2)39-25-29(28-13-4-3-5-14-28)23-24-33(39)37-26-38-34-18-10-11-21-41(34)46(43(38)27-40(37)45)42-22-12-20-36-32-16-7-6-15-30(32)31-17-8-9-19-35(31)44(36)42/h3-27H,1-2H3. The summed E-state index contributed by atoms with van der Waals surface area (Å²) in [7, 11) is 0. The second kappa shape index (κ2) is 9.19. The summed E-state index contributed by atoms with van der Waals surface area (Å²) < 4.78 is 2.53. The van der Waals surface area contributed by atoms with Crippen molar-refractivity contribution in [1.29, 1.82) is 0 Å². The summed E-state index contributed by atoms with van der Waals surface area (Å²) in [6.45, 7) is 4.78. The lowest BCUT2D eigenvalue weighted by molar-refractivity contribution is 0.661. The summed E-state index contributed by atoms with van der Waals surface area (Å²) in [4.78, 5) is 0. The molecule has 10 rings (SSSR count). The predicted octanol–water partition coefficient (Wildman–Crippen LogP) is 12.2. The molecular formula is C45H31N. The average Bonchev–Trinajstić information content (AvgIpc) is 3.55. The van der Waals surface area contributed by atoms with Gasteiger partial charge in [0.25, 0.3) is 0 Å². The van der Waals surface area contributed by atoms with Gasteiger partial charge in [0.15, 0.2) is 0 Å². The molecule has 0 atom stereocenters. The van der Waals surface area contributed by atoms with Gasteiger partial charge in [0, 0.05) is 21.6 Å². The molecule has 1 heterocycles. The largest absolute Gasteiger partial charge is 0.309 e. The SMILES string of the molecule is CC1(C)c2cc(-c3ccccc3)ccc2-c2cc3c4ccccc4n(-c4cccc5c6ccccc6c6ccccc6c45)c3cc21. The lowest BCUT2D eigenvalue weighted by Gasteiger charge is -2.22. The molecule has 1 aliphatic carbocycles. The molecule has 0 fully saturated rings. The number of rotatable bonds is 2. The van der Waals surface area contributed by atoms with Gasteiger partial charge in [0.05, 0.1) is 16.7 Å². The highest BCUT2D eigenvalue weighted by Gasteiger charge is 2.36. The Labute approximate surface area is 268 Å². The number of fused-ring (bicyclic) bond motifs is 12. The molecule has 1 aliphatic rings. The molecular weight excluding hydrogens is 555 g/mol. The first-order chi connectivity index (χ1) is 22.6. The van der Waals surface area contributed by atoms with E-state index in [1.54, 1.807) is 0 Å². The lowest BCUT2D eigenvalue weighted by Crippen LogP contribution is -2.15. The number of nitrogens with zero attached hydrogens (tertiary/aromatic N) is 1. The fourth-order valence-corrected chi connectivity index (χ4v) is 8.39. The molecule has 1 aromatic heterocycles. The van der Waals surface area contributed by atoms with Crippen molar-refractivity contribution in [2.75, 3.05) is 0 Å². The van der Waals surface area contributed by atoms with E-state index >= 15 is 0 Å². The molecule has 0 amide bonds. The van der Waals surface area contributed by atoms with E-state index in [1.807, 2.05) is 0 Å². The van der Waals surface area contributed by atoms with Crippen LogP contribution in [0.4, 0.5) is 0 Å². The number of aromatic nitrogens is 1. The van der Waals surface area contributed by atoms with Crippen LogP contribution in [0, 0.1) is 0 Å². The van der Waals surface area contributed by atoms with Crippen LogP contribution in [0.3, 0.4) is 0 Å². The normalized spacial score (nSPS) is 13.6. The zero-order valence-corrected chi connectivity index (χ0v) is 25.9. The van der Waals surface area contributed by atoms with Gasteiger partial charge >= 0.3 is 0 Å². The Kier molecular flexibility index (Phi) is 5.12. The van der Waals surface area contributed by atoms with Gasteiger partial charge in [-0.3, -0.25) is 0 Å². The molecule has 0 spiro atoms. The molecule has 8 aromatic carbocycles. The van der Waals surface area contributed by atoms with Crippen molar-refractivity contribution in [1.82, 2.24) is 4.57 Å². The summed E-state index contributed by atoms with van der Waals surface area (Å²) in [5, 5.41) is 10.4. The third kappa shape index (κ3) is 3.35. The fourth-order valence-electron chi connectivity index (χ4n) is 8.39. The molecule has 46 heavy (non-hydrogen) atoms. The quantitative estimate of drug-likeness (QED) is 0.178. The Morgan fingerprint density at radius 3 is 1.72 bits per heavy atom. The molecule has 0 radical (unpaired) electrons. The highest BCUT2D eigenvalue weighted by molar-refractivity contribution is 6.28. The topological polar surface area (TPSA) is 4.93 Å². The maximum absolute atomic E-state index is 2.53. The van der Waals surface area contributed by atoms with Gasteiger partial charge in [-0.05, 0) is 90.6 Å². The van der Waals surface area contributed by atoms with Gasteiger partial charge in [-0.15, -0.1) is 0 Å². The van der Waals surface area contributed by atoms with E-state index in [2.05, 4.69) is 170 Å². The van der Waals surface area contributed by atoms with Crippen molar-refractivity contribution in [2.45, 2.75) is 19.3 Å². The maximum Gasteiger partial charge on any atom is 0.0547 e. The van der Waals surface area contributed by atoms with E-state index in [0.29, 0.717) is 0 Å². The van der Waals surface area contributed by atoms with Crippen LogP contribution in [0.5, 0.6) is 0 Å². The Morgan fingerprint density at radius 1 is 0.391 bits per heavy atom. The second-order valence-corrected chi connectivity index (χ2v) is 13.3. The van der Waals surface area contributed by atoms with Crippen molar-refractivity contribution in [3.8, 4) is 27.9 Å². The van der Waals surface area contributed by atoms with Crippen LogP contribution in [0.25, 0.3) is 82.1 Å². The smallest absolute Gasteiger partial charge is 0.0547 e. The van der Waals surface area contributed by atoms with Crippen LogP contribution in [-0.4, -0.2) is 4.57 Å². The molecule has 216 valence electrons. The summed E-state index contributed by atoms with van der Waals surface area (Å²) in [6, 6.07) is 56.3. The molecule has 0 saturated carbocycles. The van der Waals surface area contributed by atoms with Crippen LogP contribution < -0.4 is 0 Å².